The van der Waals surface area contributed by atoms with Crippen molar-refractivity contribution in [2.45, 2.75) is 6.04 Å². The molecule has 0 radical (unpaired) electrons. The van der Waals surface area contributed by atoms with Gasteiger partial charge in [0.15, 0.2) is 0 Å². The predicted molar refractivity (Wildman–Crippen MR) is 90.8 cm³/mol. The van der Waals surface area contributed by atoms with E-state index in [9.17, 15) is 4.79 Å². The van der Waals surface area contributed by atoms with Gasteiger partial charge in [-0.3, -0.25) is 0 Å². The summed E-state index contributed by atoms with van der Waals surface area (Å²) in [5.74, 6) is 0. The molecule has 0 atom stereocenters. The number of urea groups is 1. The van der Waals surface area contributed by atoms with Gasteiger partial charge in [-0.1, -0.05) is 29.8 Å². The van der Waals surface area contributed by atoms with Crippen molar-refractivity contribution in [3.8, 4) is 0 Å². The molecule has 2 heterocycles. The number of para-hydroxylation sites is 2. The van der Waals surface area contributed by atoms with E-state index >= 15 is 0 Å². The van der Waals surface area contributed by atoms with Crippen LogP contribution in [0.25, 0.3) is 11.0 Å². The third kappa shape index (κ3) is 2.64. The minimum Gasteiger partial charge on any atom is -0.324 e. The van der Waals surface area contributed by atoms with Gasteiger partial charge < -0.3 is 14.8 Å². The molecule has 116 valence electrons. The Hall–Kier alpha value is -2.53. The van der Waals surface area contributed by atoms with Crippen molar-refractivity contribution < 1.29 is 4.79 Å². The third-order valence-corrected chi connectivity index (χ3v) is 4.33. The van der Waals surface area contributed by atoms with Crippen molar-refractivity contribution in [3.63, 3.8) is 0 Å². The second-order valence-corrected chi connectivity index (χ2v) is 6.08. The van der Waals surface area contributed by atoms with Crippen molar-refractivity contribution in [3.05, 3.63) is 59.9 Å². The summed E-state index contributed by atoms with van der Waals surface area (Å²) in [4.78, 5) is 18.4. The Bertz CT molecular complexity index is 870. The van der Waals surface area contributed by atoms with Gasteiger partial charge in [0, 0.05) is 23.8 Å². The lowest BCUT2D eigenvalue weighted by molar-refractivity contribution is 0.137. The largest absolute Gasteiger partial charge is 0.324 e. The minimum absolute atomic E-state index is 0.104. The van der Waals surface area contributed by atoms with Gasteiger partial charge in [0.25, 0.3) is 0 Å². The zero-order valence-corrected chi connectivity index (χ0v) is 13.1. The molecular weight excluding hydrogens is 312 g/mol. The molecule has 2 aromatic carbocycles. The minimum atomic E-state index is -0.104. The molecule has 6 heteroatoms. The molecule has 1 fully saturated rings. The number of hydrogen-bond acceptors (Lipinski definition) is 2. The van der Waals surface area contributed by atoms with Crippen LogP contribution in [0, 0.1) is 0 Å². The lowest BCUT2D eigenvalue weighted by Crippen LogP contribution is -2.52. The number of nitrogens with one attached hydrogen (secondary N) is 1. The number of rotatable bonds is 2. The van der Waals surface area contributed by atoms with Crippen LogP contribution in [0.2, 0.25) is 5.02 Å². The highest BCUT2D eigenvalue weighted by Gasteiger charge is 2.32. The number of hydrogen-bond donors (Lipinski definition) is 1. The van der Waals surface area contributed by atoms with E-state index in [-0.39, 0.29) is 12.1 Å². The van der Waals surface area contributed by atoms with E-state index in [2.05, 4.69) is 20.9 Å². The fourth-order valence-electron chi connectivity index (χ4n) is 2.84. The number of fused-ring (bicyclic) bond motifs is 1. The van der Waals surface area contributed by atoms with Crippen LogP contribution in [0.1, 0.15) is 6.04 Å². The summed E-state index contributed by atoms with van der Waals surface area (Å²) in [6.45, 7) is 1.35. The van der Waals surface area contributed by atoms with Crippen LogP contribution in [0.3, 0.4) is 0 Å². The molecule has 0 bridgehead atoms. The number of halogens is 1. The van der Waals surface area contributed by atoms with E-state index in [0.29, 0.717) is 23.8 Å². The van der Waals surface area contributed by atoms with Crippen molar-refractivity contribution in [1.29, 1.82) is 0 Å². The van der Waals surface area contributed by atoms with Crippen LogP contribution >= 0.6 is 11.6 Å². The van der Waals surface area contributed by atoms with Crippen molar-refractivity contribution >= 4 is 34.4 Å². The molecule has 4 rings (SSSR count). The standard InChI is InChI=1S/C17H15ClN4O/c18-12-4-3-5-13(8-12)20-17(23)21-9-14(10-21)22-11-19-15-6-1-2-7-16(15)22/h1-8,11,14H,9-10H2,(H,20,23). The first-order valence-electron chi connectivity index (χ1n) is 7.44. The number of aromatic nitrogens is 2. The van der Waals surface area contributed by atoms with E-state index in [1.54, 1.807) is 17.0 Å². The van der Waals surface area contributed by atoms with Gasteiger partial charge in [0.2, 0.25) is 0 Å². The molecule has 3 aromatic rings. The number of likely N-dealkylation sites (tertiary alicyclic amines) is 1. The molecular formula is C17H15ClN4O. The zero-order valence-electron chi connectivity index (χ0n) is 12.3. The van der Waals surface area contributed by atoms with Crippen molar-refractivity contribution in [1.82, 2.24) is 14.5 Å². The molecule has 5 nitrogen and oxygen atoms in total. The number of nitrogens with zero attached hydrogens (tertiary/aromatic N) is 3. The Morgan fingerprint density at radius 2 is 2.00 bits per heavy atom. The zero-order chi connectivity index (χ0) is 15.8. The summed E-state index contributed by atoms with van der Waals surface area (Å²) in [6.07, 6.45) is 1.85. The summed E-state index contributed by atoms with van der Waals surface area (Å²) in [7, 11) is 0. The molecule has 0 unspecified atom stereocenters. The van der Waals surface area contributed by atoms with E-state index in [1.807, 2.05) is 36.7 Å². The first kappa shape index (κ1) is 14.1. The van der Waals surface area contributed by atoms with Gasteiger partial charge in [-0.25, -0.2) is 9.78 Å². The quantitative estimate of drug-likeness (QED) is 0.779. The smallest absolute Gasteiger partial charge is 0.321 e. The van der Waals surface area contributed by atoms with Crippen molar-refractivity contribution in [2.24, 2.45) is 0 Å². The summed E-state index contributed by atoms with van der Waals surface area (Å²) < 4.78 is 2.14. The molecule has 2 amide bonds. The lowest BCUT2D eigenvalue weighted by Gasteiger charge is -2.39. The van der Waals surface area contributed by atoms with Crippen LogP contribution in [-0.2, 0) is 0 Å². The van der Waals surface area contributed by atoms with E-state index in [0.717, 1.165) is 11.0 Å². The Kier molecular flexibility index (Phi) is 3.42. The van der Waals surface area contributed by atoms with Gasteiger partial charge in [-0.05, 0) is 30.3 Å². The second kappa shape index (κ2) is 5.59. The fraction of sp³-hybridized carbons (Fsp3) is 0.176. The van der Waals surface area contributed by atoms with Crippen LogP contribution in [0.15, 0.2) is 54.9 Å². The first-order chi connectivity index (χ1) is 11.2. The molecule has 0 saturated carbocycles. The van der Waals surface area contributed by atoms with Gasteiger partial charge in [-0.15, -0.1) is 0 Å². The molecule has 1 aromatic heterocycles. The van der Waals surface area contributed by atoms with Gasteiger partial charge in [0.05, 0.1) is 23.4 Å². The monoisotopic (exact) mass is 326 g/mol. The molecule has 1 saturated heterocycles. The molecule has 1 aliphatic heterocycles. The Balaban J connectivity index is 1.42. The maximum Gasteiger partial charge on any atom is 0.321 e. The average Bonchev–Trinajstić information content (AvgIpc) is 2.90. The van der Waals surface area contributed by atoms with Crippen LogP contribution in [0.4, 0.5) is 10.5 Å². The van der Waals surface area contributed by atoms with Crippen LogP contribution < -0.4 is 5.32 Å². The van der Waals surface area contributed by atoms with Gasteiger partial charge in [0.1, 0.15) is 0 Å². The highest BCUT2D eigenvalue weighted by atomic mass is 35.5. The SMILES string of the molecule is O=C(Nc1cccc(Cl)c1)N1CC(n2cnc3ccccc32)C1. The fourth-order valence-corrected chi connectivity index (χ4v) is 3.03. The highest BCUT2D eigenvalue weighted by molar-refractivity contribution is 6.30. The normalized spacial score (nSPS) is 14.7. The highest BCUT2D eigenvalue weighted by Crippen LogP contribution is 2.26. The Morgan fingerprint density at radius 1 is 1.17 bits per heavy atom. The molecule has 23 heavy (non-hydrogen) atoms. The van der Waals surface area contributed by atoms with Gasteiger partial charge in [-0.2, -0.15) is 0 Å². The maximum absolute atomic E-state index is 12.2. The number of imidazole rings is 1. The summed E-state index contributed by atoms with van der Waals surface area (Å²) in [5.41, 5.74) is 2.79. The first-order valence-corrected chi connectivity index (χ1v) is 7.81. The Labute approximate surface area is 138 Å². The second-order valence-electron chi connectivity index (χ2n) is 5.64. The van der Waals surface area contributed by atoms with E-state index < -0.39 is 0 Å². The molecule has 1 aliphatic rings. The number of carbonyl (C=O) groups excluding carboxylic acids is 1. The Morgan fingerprint density at radius 3 is 2.83 bits per heavy atom. The number of benzene rings is 2. The van der Waals surface area contributed by atoms with Crippen molar-refractivity contribution in [2.75, 3.05) is 18.4 Å². The lowest BCUT2D eigenvalue weighted by atomic mass is 10.1. The predicted octanol–water partition coefficient (Wildman–Crippen LogP) is 3.78. The summed E-state index contributed by atoms with van der Waals surface area (Å²) in [6, 6.07) is 15.3. The van der Waals surface area contributed by atoms with E-state index in [4.69, 9.17) is 11.6 Å². The van der Waals surface area contributed by atoms with Crippen LogP contribution in [0.5, 0.6) is 0 Å². The maximum atomic E-state index is 12.2. The summed E-state index contributed by atoms with van der Waals surface area (Å²) >= 11 is 5.93. The number of carbonyl (C=O) groups is 1. The molecule has 1 N–H and O–H groups in total. The average molecular weight is 327 g/mol. The summed E-state index contributed by atoms with van der Waals surface area (Å²) in [5, 5.41) is 3.47. The number of anilines is 1. The van der Waals surface area contributed by atoms with Gasteiger partial charge >= 0.3 is 6.03 Å². The third-order valence-electron chi connectivity index (χ3n) is 4.10. The molecule has 0 spiro atoms. The van der Waals surface area contributed by atoms with Crippen LogP contribution in [-0.4, -0.2) is 33.6 Å². The van der Waals surface area contributed by atoms with E-state index in [1.165, 1.54) is 0 Å². The topological polar surface area (TPSA) is 50.2 Å². The number of amides is 2. The molecule has 0 aliphatic carbocycles.